The predicted octanol–water partition coefficient (Wildman–Crippen LogP) is 7.27. The zero-order chi connectivity index (χ0) is 13.8. The fraction of sp³-hybridized carbons (Fsp3) is 1.00. The van der Waals surface area contributed by atoms with E-state index < -0.39 is 0 Å². The van der Waals surface area contributed by atoms with Crippen LogP contribution in [0.2, 0.25) is 0 Å². The molecular formula is C12H18Br6. The van der Waals surface area contributed by atoms with Crippen LogP contribution in [0.5, 0.6) is 0 Å². The Kier molecular flexibility index (Phi) is 9.59. The Labute approximate surface area is 161 Å². The zero-order valence-corrected chi connectivity index (χ0v) is 19.5. The lowest BCUT2D eigenvalue weighted by Crippen LogP contribution is -2.23. The first-order valence-electron chi connectivity index (χ1n) is 6.26. The van der Waals surface area contributed by atoms with E-state index in [9.17, 15) is 0 Å². The van der Waals surface area contributed by atoms with Gasteiger partial charge in [0.1, 0.15) is 0 Å². The lowest BCUT2D eigenvalue weighted by Gasteiger charge is -2.27. The van der Waals surface area contributed by atoms with E-state index >= 15 is 0 Å². The van der Waals surface area contributed by atoms with Crippen molar-refractivity contribution >= 4 is 95.6 Å². The summed E-state index contributed by atoms with van der Waals surface area (Å²) >= 11 is 22.9. The molecule has 0 radical (unpaired) electrons. The summed E-state index contributed by atoms with van der Waals surface area (Å²) in [6, 6.07) is 0. The van der Waals surface area contributed by atoms with Gasteiger partial charge in [0.25, 0.3) is 0 Å². The molecule has 108 valence electrons. The molecule has 4 unspecified atom stereocenters. The Morgan fingerprint density at radius 3 is 1.61 bits per heavy atom. The van der Waals surface area contributed by atoms with Crippen LogP contribution in [0.4, 0.5) is 0 Å². The average molecular weight is 642 g/mol. The van der Waals surface area contributed by atoms with Gasteiger partial charge in [0.2, 0.25) is 0 Å². The lowest BCUT2D eigenvalue weighted by atomic mass is 10.0. The molecule has 1 aliphatic carbocycles. The summed E-state index contributed by atoms with van der Waals surface area (Å²) in [5, 5.41) is 0. The first-order chi connectivity index (χ1) is 8.32. The van der Waals surface area contributed by atoms with E-state index in [4.69, 9.17) is 0 Å². The Hall–Kier alpha value is 2.88. The van der Waals surface area contributed by atoms with Gasteiger partial charge in [0.05, 0.1) is 3.23 Å². The standard InChI is InChI=1S/C12H18Br6/c13-8-2-1-6-12(17,18)7-5-11(16)10(15)4-3-9(8)14/h8-11H,1-7H2. The molecule has 6 heteroatoms. The van der Waals surface area contributed by atoms with Crippen molar-refractivity contribution in [3.63, 3.8) is 0 Å². The quantitative estimate of drug-likeness (QED) is 0.244. The van der Waals surface area contributed by atoms with Crippen molar-refractivity contribution in [2.75, 3.05) is 0 Å². The molecule has 0 N–H and O–H groups in total. The molecule has 0 aromatic rings. The molecule has 0 saturated heterocycles. The van der Waals surface area contributed by atoms with Gasteiger partial charge in [0.15, 0.2) is 0 Å². The van der Waals surface area contributed by atoms with Crippen molar-refractivity contribution in [3.05, 3.63) is 0 Å². The molecule has 1 aliphatic rings. The van der Waals surface area contributed by atoms with E-state index in [1.165, 1.54) is 38.5 Å². The molecule has 0 bridgehead atoms. The van der Waals surface area contributed by atoms with Gasteiger partial charge in [-0.2, -0.15) is 0 Å². The highest BCUT2D eigenvalue weighted by molar-refractivity contribution is 9.25. The molecule has 18 heavy (non-hydrogen) atoms. The van der Waals surface area contributed by atoms with E-state index in [0.717, 1.165) is 6.42 Å². The molecule has 0 heterocycles. The van der Waals surface area contributed by atoms with E-state index in [0.29, 0.717) is 19.3 Å². The monoisotopic (exact) mass is 636 g/mol. The molecule has 1 saturated carbocycles. The Morgan fingerprint density at radius 2 is 1.06 bits per heavy atom. The summed E-state index contributed by atoms with van der Waals surface area (Å²) in [7, 11) is 0. The zero-order valence-electron chi connectivity index (χ0n) is 10.0. The maximum Gasteiger partial charge on any atom is 0.0806 e. The van der Waals surface area contributed by atoms with Gasteiger partial charge >= 0.3 is 0 Å². The van der Waals surface area contributed by atoms with E-state index in [2.05, 4.69) is 95.6 Å². The average Bonchev–Trinajstić information content (AvgIpc) is 2.31. The fourth-order valence-corrected chi connectivity index (χ4v) is 5.23. The summed E-state index contributed by atoms with van der Waals surface area (Å²) in [6.07, 6.45) is 8.36. The molecule has 0 spiro atoms. The molecular weight excluding hydrogens is 624 g/mol. The number of alkyl halides is 6. The summed E-state index contributed by atoms with van der Waals surface area (Å²) < 4.78 is 0.104. The maximum absolute atomic E-state index is 3.82. The SMILES string of the molecule is BrC1CCCC(Br)(Br)CCC(Br)C(Br)CCC1Br. The minimum absolute atomic E-state index is 0.104. The Bertz CT molecular complexity index is 245. The van der Waals surface area contributed by atoms with E-state index in [1.807, 2.05) is 0 Å². The molecule has 0 amide bonds. The van der Waals surface area contributed by atoms with Crippen molar-refractivity contribution in [1.82, 2.24) is 0 Å². The van der Waals surface area contributed by atoms with Crippen molar-refractivity contribution < 1.29 is 0 Å². The molecule has 0 nitrogen and oxygen atoms in total. The van der Waals surface area contributed by atoms with Gasteiger partial charge in [-0.1, -0.05) is 102 Å². The van der Waals surface area contributed by atoms with Crippen molar-refractivity contribution in [1.29, 1.82) is 0 Å². The van der Waals surface area contributed by atoms with Crippen LogP contribution in [0.15, 0.2) is 0 Å². The second-order valence-corrected chi connectivity index (χ2v) is 13.7. The van der Waals surface area contributed by atoms with Crippen LogP contribution < -0.4 is 0 Å². The van der Waals surface area contributed by atoms with Gasteiger partial charge in [-0.15, -0.1) is 0 Å². The molecule has 4 atom stereocenters. The predicted molar refractivity (Wildman–Crippen MR) is 104 cm³/mol. The van der Waals surface area contributed by atoms with E-state index in [1.54, 1.807) is 0 Å². The van der Waals surface area contributed by atoms with Crippen LogP contribution in [0.25, 0.3) is 0 Å². The highest BCUT2D eigenvalue weighted by Crippen LogP contribution is 2.40. The largest absolute Gasteiger partial charge is 0.0879 e. The van der Waals surface area contributed by atoms with Gasteiger partial charge in [0, 0.05) is 19.3 Å². The summed E-state index contributed by atoms with van der Waals surface area (Å²) in [5.74, 6) is 0. The fourth-order valence-electron chi connectivity index (χ4n) is 2.07. The van der Waals surface area contributed by atoms with E-state index in [-0.39, 0.29) is 3.23 Å². The first-order valence-corrected chi connectivity index (χ1v) is 11.5. The second kappa shape index (κ2) is 9.12. The lowest BCUT2D eigenvalue weighted by molar-refractivity contribution is 0.536. The van der Waals surface area contributed by atoms with Crippen LogP contribution in [-0.4, -0.2) is 22.5 Å². The number of halogens is 6. The van der Waals surface area contributed by atoms with Gasteiger partial charge in [-0.05, 0) is 38.5 Å². The summed E-state index contributed by atoms with van der Waals surface area (Å²) in [4.78, 5) is 2.23. The number of hydrogen-bond donors (Lipinski definition) is 0. The van der Waals surface area contributed by atoms with Crippen LogP contribution in [0, 0.1) is 0 Å². The molecule has 1 rings (SSSR count). The molecule has 0 aromatic heterocycles. The third-order valence-corrected chi connectivity index (χ3v) is 10.7. The van der Waals surface area contributed by atoms with Crippen molar-refractivity contribution in [2.45, 2.75) is 67.5 Å². The first kappa shape index (κ1) is 18.9. The van der Waals surface area contributed by atoms with Crippen molar-refractivity contribution in [3.8, 4) is 0 Å². The van der Waals surface area contributed by atoms with Gasteiger partial charge in [-0.3, -0.25) is 0 Å². The molecule has 0 aliphatic heterocycles. The number of hydrogen-bond acceptors (Lipinski definition) is 0. The van der Waals surface area contributed by atoms with Crippen LogP contribution in [-0.2, 0) is 0 Å². The van der Waals surface area contributed by atoms with Crippen molar-refractivity contribution in [2.24, 2.45) is 0 Å². The second-order valence-electron chi connectivity index (χ2n) is 4.93. The minimum Gasteiger partial charge on any atom is -0.0879 e. The minimum atomic E-state index is 0.104. The van der Waals surface area contributed by atoms with Crippen LogP contribution in [0.1, 0.15) is 44.9 Å². The third-order valence-electron chi connectivity index (χ3n) is 3.31. The smallest absolute Gasteiger partial charge is 0.0806 e. The Balaban J connectivity index is 2.62. The highest BCUT2D eigenvalue weighted by atomic mass is 79.9. The summed E-state index contributed by atoms with van der Waals surface area (Å²) in [5.41, 5.74) is 0. The van der Waals surface area contributed by atoms with Crippen LogP contribution in [0.3, 0.4) is 0 Å². The van der Waals surface area contributed by atoms with Gasteiger partial charge in [-0.25, -0.2) is 0 Å². The van der Waals surface area contributed by atoms with Gasteiger partial charge < -0.3 is 0 Å². The third kappa shape index (κ3) is 7.24. The summed E-state index contributed by atoms with van der Waals surface area (Å²) in [6.45, 7) is 0. The molecule has 0 aromatic carbocycles. The Morgan fingerprint density at radius 1 is 0.611 bits per heavy atom. The van der Waals surface area contributed by atoms with Crippen LogP contribution >= 0.6 is 95.6 Å². The normalized spacial score (nSPS) is 39.7. The highest BCUT2D eigenvalue weighted by Gasteiger charge is 2.28. The number of rotatable bonds is 0. The topological polar surface area (TPSA) is 0 Å². The molecule has 1 fully saturated rings. The maximum atomic E-state index is 3.82.